The van der Waals surface area contributed by atoms with Crippen LogP contribution in [0, 0.1) is 11.8 Å². The first kappa shape index (κ1) is 18.5. The van der Waals surface area contributed by atoms with Gasteiger partial charge in [0.25, 0.3) is 0 Å². The molecule has 0 radical (unpaired) electrons. The van der Waals surface area contributed by atoms with E-state index in [2.05, 4.69) is 21.1 Å². The highest BCUT2D eigenvalue weighted by atomic mass is 79.9. The maximum atomic E-state index is 13.9. The molecule has 4 aliphatic rings. The van der Waals surface area contributed by atoms with E-state index in [4.69, 9.17) is 0 Å². The lowest BCUT2D eigenvalue weighted by atomic mass is 9.47. The summed E-state index contributed by atoms with van der Waals surface area (Å²) in [5, 5.41) is 13.2. The summed E-state index contributed by atoms with van der Waals surface area (Å²) < 4.78 is 0.872. The van der Waals surface area contributed by atoms with Crippen molar-refractivity contribution in [3.8, 4) is 0 Å². The Morgan fingerprint density at radius 3 is 2.03 bits per heavy atom. The van der Waals surface area contributed by atoms with Gasteiger partial charge in [-0.1, -0.05) is 64.5 Å². The van der Waals surface area contributed by atoms with Gasteiger partial charge in [-0.05, 0) is 46.5 Å². The second kappa shape index (κ2) is 6.37. The lowest BCUT2D eigenvalue weighted by molar-refractivity contribution is -0.122. The minimum atomic E-state index is -1.00. The van der Waals surface area contributed by atoms with Gasteiger partial charge in [-0.25, -0.2) is 4.90 Å². The highest BCUT2D eigenvalue weighted by Crippen LogP contribution is 2.63. The van der Waals surface area contributed by atoms with Gasteiger partial charge in [-0.15, -0.1) is 5.16 Å². The first-order valence-electron chi connectivity index (χ1n) is 10.1. The van der Waals surface area contributed by atoms with Gasteiger partial charge in [0.15, 0.2) is 0 Å². The van der Waals surface area contributed by atoms with Gasteiger partial charge < -0.3 is 5.21 Å². The third kappa shape index (κ3) is 2.18. The van der Waals surface area contributed by atoms with Crippen LogP contribution in [0.2, 0.25) is 0 Å². The van der Waals surface area contributed by atoms with Crippen molar-refractivity contribution >= 4 is 39.6 Å². The first-order chi connectivity index (χ1) is 15.1. The van der Waals surface area contributed by atoms with Crippen LogP contribution in [0.5, 0.6) is 0 Å². The number of oxime groups is 1. The van der Waals surface area contributed by atoms with Crippen molar-refractivity contribution < 1.29 is 14.8 Å². The number of carbonyl (C=O) groups is 2. The highest BCUT2D eigenvalue weighted by molar-refractivity contribution is 9.10. The Hall–Kier alpha value is -3.25. The summed E-state index contributed by atoms with van der Waals surface area (Å²) in [5.74, 6) is -1.91. The van der Waals surface area contributed by atoms with Crippen LogP contribution in [0.15, 0.2) is 82.4 Å². The Kier molecular flexibility index (Phi) is 3.81. The maximum absolute atomic E-state index is 13.9. The third-order valence-corrected chi connectivity index (χ3v) is 7.56. The minimum Gasteiger partial charge on any atom is -0.411 e. The zero-order chi connectivity index (χ0) is 21.3. The Bertz CT molecular complexity index is 1240. The number of carbonyl (C=O) groups excluding carboxylic acids is 2. The number of imide groups is 1. The van der Waals surface area contributed by atoms with E-state index in [-0.39, 0.29) is 17.7 Å². The molecule has 0 unspecified atom stereocenters. The molecule has 1 heterocycles. The number of hydrogen-bond acceptors (Lipinski definition) is 4. The standard InChI is InChI=1S/C25H17BrN2O3/c26-14-9-11-15(12-10-14)28-23(29)21-20-16-5-1-3-7-18(16)25(13-27-31,22(21)24(28)30)19-8-4-2-6-17(19)20/h1-13,20-22,31H/b27-13-/t20?,21-,22-,25?/m1/s1. The molecule has 2 bridgehead atoms. The van der Waals surface area contributed by atoms with Crippen molar-refractivity contribution in [2.45, 2.75) is 11.3 Å². The predicted octanol–water partition coefficient (Wildman–Crippen LogP) is 4.46. The first-order valence-corrected chi connectivity index (χ1v) is 10.9. The number of amides is 2. The highest BCUT2D eigenvalue weighted by Gasteiger charge is 2.68. The van der Waals surface area contributed by atoms with Crippen LogP contribution < -0.4 is 4.90 Å². The smallest absolute Gasteiger partial charge is 0.239 e. The number of benzene rings is 3. The van der Waals surface area contributed by atoms with Crippen molar-refractivity contribution in [1.29, 1.82) is 0 Å². The Balaban J connectivity index is 1.66. The maximum Gasteiger partial charge on any atom is 0.239 e. The summed E-state index contributed by atoms with van der Waals surface area (Å²) in [6, 6.07) is 22.9. The summed E-state index contributed by atoms with van der Waals surface area (Å²) in [4.78, 5) is 29.0. The normalized spacial score (nSPS) is 28.0. The predicted molar refractivity (Wildman–Crippen MR) is 119 cm³/mol. The van der Waals surface area contributed by atoms with Gasteiger partial charge in [0, 0.05) is 10.4 Å². The molecule has 3 aromatic carbocycles. The molecule has 3 aromatic rings. The second-order valence-electron chi connectivity index (χ2n) is 8.26. The molecular weight excluding hydrogens is 456 g/mol. The van der Waals surface area contributed by atoms with E-state index >= 15 is 0 Å². The van der Waals surface area contributed by atoms with Gasteiger partial charge in [0.2, 0.25) is 11.8 Å². The zero-order valence-electron chi connectivity index (χ0n) is 16.3. The average molecular weight is 473 g/mol. The fourth-order valence-corrected chi connectivity index (χ4v) is 6.25. The average Bonchev–Trinajstić information content (AvgIpc) is 3.06. The second-order valence-corrected chi connectivity index (χ2v) is 9.17. The van der Waals surface area contributed by atoms with E-state index in [0.29, 0.717) is 5.69 Å². The molecule has 0 aromatic heterocycles. The minimum absolute atomic E-state index is 0.206. The van der Waals surface area contributed by atoms with Gasteiger partial charge in [-0.2, -0.15) is 0 Å². The van der Waals surface area contributed by atoms with E-state index in [1.807, 2.05) is 60.7 Å². The van der Waals surface area contributed by atoms with Crippen LogP contribution in [0.1, 0.15) is 28.2 Å². The van der Waals surface area contributed by atoms with Crippen LogP contribution in [0.3, 0.4) is 0 Å². The number of anilines is 1. The summed E-state index contributed by atoms with van der Waals surface area (Å²) in [6.45, 7) is 0. The van der Waals surface area contributed by atoms with Crippen LogP contribution >= 0.6 is 15.9 Å². The Morgan fingerprint density at radius 2 is 1.45 bits per heavy atom. The van der Waals surface area contributed by atoms with Crippen LogP contribution in [-0.2, 0) is 15.0 Å². The van der Waals surface area contributed by atoms with E-state index < -0.39 is 17.3 Å². The zero-order valence-corrected chi connectivity index (χ0v) is 17.9. The molecule has 0 saturated carbocycles. The fourth-order valence-electron chi connectivity index (χ4n) is 5.99. The van der Waals surface area contributed by atoms with Crippen molar-refractivity contribution in [2.24, 2.45) is 17.0 Å². The van der Waals surface area contributed by atoms with Crippen molar-refractivity contribution in [2.75, 3.05) is 4.90 Å². The van der Waals surface area contributed by atoms with Crippen molar-refractivity contribution in [3.05, 3.63) is 99.5 Å². The molecule has 2 atom stereocenters. The van der Waals surface area contributed by atoms with Crippen LogP contribution in [0.25, 0.3) is 0 Å². The van der Waals surface area contributed by atoms with E-state index in [1.165, 1.54) is 11.1 Å². The topological polar surface area (TPSA) is 70.0 Å². The lowest BCUT2D eigenvalue weighted by Crippen LogP contribution is -2.54. The summed E-state index contributed by atoms with van der Waals surface area (Å²) in [7, 11) is 0. The summed E-state index contributed by atoms with van der Waals surface area (Å²) >= 11 is 3.41. The van der Waals surface area contributed by atoms with Gasteiger partial charge in [0.05, 0.1) is 29.2 Å². The third-order valence-electron chi connectivity index (χ3n) is 7.03. The van der Waals surface area contributed by atoms with E-state index in [1.54, 1.807) is 12.1 Å². The lowest BCUT2D eigenvalue weighted by Gasteiger charge is -2.52. The molecule has 31 heavy (non-hydrogen) atoms. The van der Waals surface area contributed by atoms with Crippen molar-refractivity contribution in [1.82, 2.24) is 0 Å². The molecule has 1 aliphatic heterocycles. The SMILES string of the molecule is O=C1[C@@H]2C3c4ccccc4C(/C=N\O)(c4ccccc43)[C@H]2C(=O)N1c1ccc(Br)cc1. The molecule has 6 heteroatoms. The fraction of sp³-hybridized carbons (Fsp3) is 0.160. The Labute approximate surface area is 187 Å². The molecule has 1 N–H and O–H groups in total. The molecule has 1 saturated heterocycles. The molecular formula is C25H17BrN2O3. The molecule has 5 nitrogen and oxygen atoms in total. The molecule has 152 valence electrons. The molecule has 2 amide bonds. The van der Waals surface area contributed by atoms with Gasteiger partial charge >= 0.3 is 0 Å². The van der Waals surface area contributed by atoms with Crippen molar-refractivity contribution in [3.63, 3.8) is 0 Å². The summed E-state index contributed by atoms with van der Waals surface area (Å²) in [5.41, 5.74) is 3.43. The van der Waals surface area contributed by atoms with E-state index in [0.717, 1.165) is 26.7 Å². The quantitative estimate of drug-likeness (QED) is 0.259. The number of halogens is 1. The van der Waals surface area contributed by atoms with Crippen LogP contribution in [-0.4, -0.2) is 23.2 Å². The van der Waals surface area contributed by atoms with Gasteiger partial charge in [-0.3, -0.25) is 9.59 Å². The summed E-state index contributed by atoms with van der Waals surface area (Å²) in [6.07, 6.45) is 1.45. The van der Waals surface area contributed by atoms with E-state index in [9.17, 15) is 14.8 Å². The number of nitrogens with zero attached hydrogens (tertiary/aromatic N) is 2. The molecule has 3 aliphatic carbocycles. The molecule has 1 fully saturated rings. The Morgan fingerprint density at radius 1 is 0.871 bits per heavy atom. The monoisotopic (exact) mass is 472 g/mol. The number of hydrogen-bond donors (Lipinski definition) is 1. The number of rotatable bonds is 2. The van der Waals surface area contributed by atoms with Crippen LogP contribution in [0.4, 0.5) is 5.69 Å². The van der Waals surface area contributed by atoms with Gasteiger partial charge in [0.1, 0.15) is 0 Å². The largest absolute Gasteiger partial charge is 0.411 e. The molecule has 0 spiro atoms. The molecule has 7 rings (SSSR count).